The van der Waals surface area contributed by atoms with Gasteiger partial charge in [0, 0.05) is 31.4 Å². The Balaban J connectivity index is 0.00000102. The molecule has 27 heavy (non-hydrogen) atoms. The minimum absolute atomic E-state index is 0.0607. The standard InChI is InChI=1S/C19H20N4O2.C2H6/c1-12-7-10-21-18-16(12)22(11-8-13(2)24)19(25)15-4-3-9-20-17(15)23(18)14-5-6-14;1-2/h3-4,7,9-10,14H,5-6,8,11H2,1-2H3;1-2H3. The highest BCUT2D eigenvalue weighted by molar-refractivity contribution is 6.13. The largest absolute Gasteiger partial charge is 0.305 e. The Morgan fingerprint density at radius 1 is 1.15 bits per heavy atom. The molecule has 0 atom stereocenters. The summed E-state index contributed by atoms with van der Waals surface area (Å²) in [5, 5.41) is 0. The second-order valence-corrected chi connectivity index (χ2v) is 6.68. The van der Waals surface area contributed by atoms with Gasteiger partial charge in [0.2, 0.25) is 0 Å². The molecule has 1 aliphatic heterocycles. The lowest BCUT2D eigenvalue weighted by atomic mass is 10.1. The lowest BCUT2D eigenvalue weighted by molar-refractivity contribution is -0.116. The van der Waals surface area contributed by atoms with E-state index >= 15 is 0 Å². The first-order valence-corrected chi connectivity index (χ1v) is 9.59. The van der Waals surface area contributed by atoms with Gasteiger partial charge in [-0.3, -0.25) is 9.59 Å². The minimum Gasteiger partial charge on any atom is -0.305 e. The number of hydrogen-bond acceptors (Lipinski definition) is 5. The van der Waals surface area contributed by atoms with Gasteiger partial charge in [-0.2, -0.15) is 0 Å². The van der Waals surface area contributed by atoms with E-state index < -0.39 is 0 Å². The Morgan fingerprint density at radius 2 is 1.85 bits per heavy atom. The van der Waals surface area contributed by atoms with Crippen molar-refractivity contribution in [1.82, 2.24) is 9.97 Å². The first-order chi connectivity index (χ1) is 13.1. The van der Waals surface area contributed by atoms with Gasteiger partial charge in [0.1, 0.15) is 11.6 Å². The normalized spacial score (nSPS) is 15.3. The van der Waals surface area contributed by atoms with E-state index in [1.165, 1.54) is 0 Å². The van der Waals surface area contributed by atoms with Gasteiger partial charge < -0.3 is 9.80 Å². The number of aromatic nitrogens is 2. The summed E-state index contributed by atoms with van der Waals surface area (Å²) in [6, 6.07) is 5.81. The zero-order valence-electron chi connectivity index (χ0n) is 16.4. The fourth-order valence-corrected chi connectivity index (χ4v) is 3.31. The van der Waals surface area contributed by atoms with E-state index in [1.54, 1.807) is 30.3 Å². The molecule has 0 spiro atoms. The third-order valence-electron chi connectivity index (χ3n) is 4.69. The SMILES string of the molecule is CC.CC(=O)CCN1C(=O)c2cccnc2N(C2CC2)c2nccc(C)c21. The monoisotopic (exact) mass is 366 g/mol. The van der Waals surface area contributed by atoms with Crippen LogP contribution in [0.25, 0.3) is 0 Å². The number of ketones is 1. The number of amides is 1. The summed E-state index contributed by atoms with van der Waals surface area (Å²) < 4.78 is 0. The zero-order valence-corrected chi connectivity index (χ0v) is 16.4. The first-order valence-electron chi connectivity index (χ1n) is 9.59. The molecule has 6 heteroatoms. The molecule has 1 aliphatic carbocycles. The van der Waals surface area contributed by atoms with Crippen molar-refractivity contribution in [2.45, 2.75) is 53.0 Å². The summed E-state index contributed by atoms with van der Waals surface area (Å²) in [6.07, 6.45) is 5.92. The Kier molecular flexibility index (Phi) is 5.54. The third kappa shape index (κ3) is 3.56. The van der Waals surface area contributed by atoms with Gasteiger partial charge in [-0.25, -0.2) is 9.97 Å². The van der Waals surface area contributed by atoms with E-state index in [4.69, 9.17) is 0 Å². The van der Waals surface area contributed by atoms with Crippen LogP contribution in [0.5, 0.6) is 0 Å². The van der Waals surface area contributed by atoms with Crippen LogP contribution in [0.1, 0.15) is 56.0 Å². The molecule has 6 nitrogen and oxygen atoms in total. The number of fused-ring (bicyclic) bond motifs is 2. The molecule has 142 valence electrons. The summed E-state index contributed by atoms with van der Waals surface area (Å²) >= 11 is 0. The molecule has 4 rings (SSSR count). The van der Waals surface area contributed by atoms with Crippen molar-refractivity contribution in [2.75, 3.05) is 16.3 Å². The van der Waals surface area contributed by atoms with E-state index in [1.807, 2.05) is 32.9 Å². The highest BCUT2D eigenvalue weighted by atomic mass is 16.2. The molecule has 0 aromatic carbocycles. The second-order valence-electron chi connectivity index (χ2n) is 6.68. The number of Topliss-reactive ketones (excluding diaryl/α,β-unsaturated/α-hetero) is 1. The lowest BCUT2D eigenvalue weighted by Crippen LogP contribution is -2.33. The van der Waals surface area contributed by atoms with Gasteiger partial charge in [-0.15, -0.1) is 0 Å². The van der Waals surface area contributed by atoms with Gasteiger partial charge in [0.15, 0.2) is 5.82 Å². The number of carbonyl (C=O) groups excluding carboxylic acids is 2. The maximum absolute atomic E-state index is 13.3. The van der Waals surface area contributed by atoms with Crippen LogP contribution in [-0.2, 0) is 4.79 Å². The van der Waals surface area contributed by atoms with E-state index in [-0.39, 0.29) is 11.7 Å². The average Bonchev–Trinajstić information content (AvgIpc) is 3.50. The molecule has 1 fully saturated rings. The van der Waals surface area contributed by atoms with Crippen molar-refractivity contribution in [2.24, 2.45) is 0 Å². The number of aryl methyl sites for hydroxylation is 1. The van der Waals surface area contributed by atoms with Crippen LogP contribution in [0.15, 0.2) is 30.6 Å². The molecule has 0 unspecified atom stereocenters. The van der Waals surface area contributed by atoms with E-state index in [0.717, 1.165) is 29.9 Å². The Morgan fingerprint density at radius 3 is 2.52 bits per heavy atom. The van der Waals surface area contributed by atoms with Crippen LogP contribution < -0.4 is 9.80 Å². The van der Waals surface area contributed by atoms with Crippen LogP contribution in [0, 0.1) is 6.92 Å². The molecule has 1 saturated carbocycles. The smallest absolute Gasteiger partial charge is 0.262 e. The van der Waals surface area contributed by atoms with Crippen molar-refractivity contribution < 1.29 is 9.59 Å². The van der Waals surface area contributed by atoms with E-state index in [0.29, 0.717) is 30.4 Å². The van der Waals surface area contributed by atoms with Crippen LogP contribution in [-0.4, -0.2) is 34.2 Å². The van der Waals surface area contributed by atoms with Gasteiger partial charge in [-0.1, -0.05) is 13.8 Å². The maximum Gasteiger partial charge on any atom is 0.262 e. The average molecular weight is 366 g/mol. The molecule has 0 saturated heterocycles. The summed E-state index contributed by atoms with van der Waals surface area (Å²) in [6.45, 7) is 7.87. The molecule has 0 N–H and O–H groups in total. The number of pyridine rings is 2. The number of anilines is 3. The zero-order chi connectivity index (χ0) is 19.6. The summed E-state index contributed by atoms with van der Waals surface area (Å²) in [4.78, 5) is 37.7. The van der Waals surface area contributed by atoms with Crippen molar-refractivity contribution in [3.05, 3.63) is 41.7 Å². The summed E-state index contributed by atoms with van der Waals surface area (Å²) in [7, 11) is 0. The number of nitrogens with zero attached hydrogens (tertiary/aromatic N) is 4. The predicted octanol–water partition coefficient (Wildman–Crippen LogP) is 4.05. The molecule has 2 aromatic rings. The van der Waals surface area contributed by atoms with E-state index in [9.17, 15) is 9.59 Å². The quantitative estimate of drug-likeness (QED) is 0.817. The molecule has 0 bridgehead atoms. The maximum atomic E-state index is 13.3. The highest BCUT2D eigenvalue weighted by Gasteiger charge is 2.40. The molecule has 1 amide bonds. The molecule has 3 heterocycles. The number of hydrogen-bond donors (Lipinski definition) is 0. The van der Waals surface area contributed by atoms with Gasteiger partial charge >= 0.3 is 0 Å². The van der Waals surface area contributed by atoms with Crippen LogP contribution >= 0.6 is 0 Å². The molecule has 0 radical (unpaired) electrons. The van der Waals surface area contributed by atoms with Crippen molar-refractivity contribution >= 4 is 29.0 Å². The minimum atomic E-state index is -0.121. The number of carbonyl (C=O) groups is 2. The van der Waals surface area contributed by atoms with Crippen molar-refractivity contribution in [3.63, 3.8) is 0 Å². The fourth-order valence-electron chi connectivity index (χ4n) is 3.31. The van der Waals surface area contributed by atoms with Crippen LogP contribution in [0.3, 0.4) is 0 Å². The summed E-state index contributed by atoms with van der Waals surface area (Å²) in [5.74, 6) is 1.37. The Labute approximate surface area is 160 Å². The van der Waals surface area contributed by atoms with Crippen LogP contribution in [0.4, 0.5) is 17.3 Å². The Hall–Kier alpha value is -2.76. The lowest BCUT2D eigenvalue weighted by Gasteiger charge is -2.26. The third-order valence-corrected chi connectivity index (χ3v) is 4.69. The summed E-state index contributed by atoms with van der Waals surface area (Å²) in [5.41, 5.74) is 2.33. The van der Waals surface area contributed by atoms with Gasteiger partial charge in [0.05, 0.1) is 11.3 Å². The molecular formula is C21H26N4O2. The predicted molar refractivity (Wildman–Crippen MR) is 107 cm³/mol. The Bertz CT molecular complexity index is 861. The van der Waals surface area contributed by atoms with Crippen molar-refractivity contribution in [1.29, 1.82) is 0 Å². The fraction of sp³-hybridized carbons (Fsp3) is 0.429. The second kappa shape index (κ2) is 7.86. The van der Waals surface area contributed by atoms with Crippen LogP contribution in [0.2, 0.25) is 0 Å². The molecular weight excluding hydrogens is 340 g/mol. The molecule has 2 aromatic heterocycles. The number of rotatable bonds is 4. The molecule has 2 aliphatic rings. The highest BCUT2D eigenvalue weighted by Crippen LogP contribution is 2.45. The van der Waals surface area contributed by atoms with Gasteiger partial charge in [0.25, 0.3) is 5.91 Å². The van der Waals surface area contributed by atoms with Crippen molar-refractivity contribution in [3.8, 4) is 0 Å². The van der Waals surface area contributed by atoms with Gasteiger partial charge in [-0.05, 0) is 50.5 Å². The van der Waals surface area contributed by atoms with E-state index in [2.05, 4.69) is 14.9 Å². The first kappa shape index (κ1) is 19.0. The topological polar surface area (TPSA) is 66.4 Å².